The molecule has 0 bridgehead atoms. The van der Waals surface area contributed by atoms with Gasteiger partial charge < -0.3 is 10.2 Å². The van der Waals surface area contributed by atoms with Gasteiger partial charge in [0.25, 0.3) is 0 Å². The van der Waals surface area contributed by atoms with Crippen molar-refractivity contribution >= 4 is 17.7 Å². The number of carbonyl (C=O) groups excluding carboxylic acids is 1. The van der Waals surface area contributed by atoms with Crippen LogP contribution in [-0.4, -0.2) is 27.9 Å². The maximum Gasteiger partial charge on any atom is 0.308 e. The number of carbonyl (C=O) groups is 3. The highest BCUT2D eigenvalue weighted by Gasteiger charge is 2.48. The van der Waals surface area contributed by atoms with E-state index < -0.39 is 29.7 Å². The molecule has 0 aromatic rings. The van der Waals surface area contributed by atoms with Gasteiger partial charge >= 0.3 is 11.9 Å². The van der Waals surface area contributed by atoms with Crippen LogP contribution in [0.3, 0.4) is 0 Å². The predicted octanol–water partition coefficient (Wildman–Crippen LogP) is 0.387. The molecule has 2 N–H and O–H groups in total. The van der Waals surface area contributed by atoms with Crippen LogP contribution in [0.4, 0.5) is 0 Å². The summed E-state index contributed by atoms with van der Waals surface area (Å²) in [5.74, 6) is -5.35. The quantitative estimate of drug-likeness (QED) is 0.687. The highest BCUT2D eigenvalue weighted by atomic mass is 16.4. The number of carboxylic acid groups (broad SMARTS) is 2. The molecule has 0 aliphatic heterocycles. The van der Waals surface area contributed by atoms with Crippen LogP contribution in [0.15, 0.2) is 0 Å². The summed E-state index contributed by atoms with van der Waals surface area (Å²) in [6.45, 7) is 1.70. The highest BCUT2D eigenvalue weighted by Crippen LogP contribution is 2.36. The Morgan fingerprint density at radius 1 is 1.36 bits per heavy atom. The Morgan fingerprint density at radius 3 is 2.29 bits per heavy atom. The van der Waals surface area contributed by atoms with Gasteiger partial charge in [0.2, 0.25) is 0 Å². The largest absolute Gasteiger partial charge is 0.481 e. The fourth-order valence-electron chi connectivity index (χ4n) is 2.04. The fraction of sp³-hybridized carbons (Fsp3) is 0.667. The van der Waals surface area contributed by atoms with Gasteiger partial charge in [-0.2, -0.15) is 0 Å². The summed E-state index contributed by atoms with van der Waals surface area (Å²) >= 11 is 0. The smallest absolute Gasteiger partial charge is 0.308 e. The minimum Gasteiger partial charge on any atom is -0.481 e. The molecule has 3 atom stereocenters. The van der Waals surface area contributed by atoms with Crippen molar-refractivity contribution in [2.24, 2.45) is 17.8 Å². The first-order valence-electron chi connectivity index (χ1n) is 4.47. The zero-order valence-electron chi connectivity index (χ0n) is 7.77. The molecule has 0 aromatic heterocycles. The average Bonchev–Trinajstić information content (AvgIpc) is 2.42. The second-order valence-electron chi connectivity index (χ2n) is 3.49. The summed E-state index contributed by atoms with van der Waals surface area (Å²) in [6, 6.07) is 0. The first kappa shape index (κ1) is 10.7. The average molecular weight is 200 g/mol. The van der Waals surface area contributed by atoms with Crippen molar-refractivity contribution in [3.8, 4) is 0 Å². The molecule has 5 heteroatoms. The van der Waals surface area contributed by atoms with Crippen molar-refractivity contribution in [1.82, 2.24) is 0 Å². The van der Waals surface area contributed by atoms with Crippen LogP contribution in [0.25, 0.3) is 0 Å². The Labute approximate surface area is 80.7 Å². The van der Waals surface area contributed by atoms with Crippen LogP contribution >= 0.6 is 0 Å². The van der Waals surface area contributed by atoms with E-state index in [1.807, 2.05) is 0 Å². The maximum absolute atomic E-state index is 11.3. The van der Waals surface area contributed by atoms with Crippen LogP contribution in [-0.2, 0) is 14.4 Å². The van der Waals surface area contributed by atoms with Crippen molar-refractivity contribution < 1.29 is 24.6 Å². The molecule has 14 heavy (non-hydrogen) atoms. The molecule has 0 heterocycles. The van der Waals surface area contributed by atoms with E-state index in [0.29, 0.717) is 6.42 Å². The lowest BCUT2D eigenvalue weighted by Crippen LogP contribution is -2.29. The third-order valence-electron chi connectivity index (χ3n) is 2.74. The molecule has 1 aliphatic rings. The number of hydrogen-bond acceptors (Lipinski definition) is 3. The standard InChI is InChI=1S/C9H12O5/c1-2-4-6(10)3-5(8(11)12)7(4)9(13)14/h4-5,7H,2-3H2,1H3,(H,11,12)(H,13,14)/t4-,5-,7-/m1/s1. The Hall–Kier alpha value is -1.39. The first-order valence-corrected chi connectivity index (χ1v) is 4.47. The normalized spacial score (nSPS) is 31.8. The third-order valence-corrected chi connectivity index (χ3v) is 2.74. The maximum atomic E-state index is 11.3. The Kier molecular flexibility index (Phi) is 2.88. The van der Waals surface area contributed by atoms with Crippen molar-refractivity contribution in [1.29, 1.82) is 0 Å². The molecule has 0 amide bonds. The van der Waals surface area contributed by atoms with Crippen LogP contribution in [0.2, 0.25) is 0 Å². The van der Waals surface area contributed by atoms with Gasteiger partial charge in [0.15, 0.2) is 0 Å². The zero-order valence-corrected chi connectivity index (χ0v) is 7.77. The Morgan fingerprint density at radius 2 is 1.93 bits per heavy atom. The van der Waals surface area contributed by atoms with Gasteiger partial charge in [0, 0.05) is 12.3 Å². The lowest BCUT2D eigenvalue weighted by Gasteiger charge is -2.15. The van der Waals surface area contributed by atoms with Gasteiger partial charge in [-0.1, -0.05) is 6.92 Å². The van der Waals surface area contributed by atoms with Gasteiger partial charge in [0.1, 0.15) is 5.78 Å². The number of Topliss-reactive ketones (excluding diaryl/α,β-unsaturated/α-hetero) is 1. The zero-order chi connectivity index (χ0) is 10.9. The summed E-state index contributed by atoms with van der Waals surface area (Å²) < 4.78 is 0. The molecule has 78 valence electrons. The van der Waals surface area contributed by atoms with Crippen molar-refractivity contribution in [3.05, 3.63) is 0 Å². The lowest BCUT2D eigenvalue weighted by molar-refractivity contribution is -0.153. The molecule has 1 saturated carbocycles. The van der Waals surface area contributed by atoms with Gasteiger partial charge in [-0.3, -0.25) is 14.4 Å². The van der Waals surface area contributed by atoms with Gasteiger partial charge in [-0.25, -0.2) is 0 Å². The molecule has 0 saturated heterocycles. The van der Waals surface area contributed by atoms with E-state index in [1.54, 1.807) is 6.92 Å². The number of carboxylic acids is 2. The molecule has 1 rings (SSSR count). The first-order chi connectivity index (χ1) is 6.49. The van der Waals surface area contributed by atoms with Crippen molar-refractivity contribution in [2.75, 3.05) is 0 Å². The summed E-state index contributed by atoms with van der Waals surface area (Å²) in [4.78, 5) is 32.8. The van der Waals surface area contributed by atoms with Crippen LogP contribution < -0.4 is 0 Å². The van der Waals surface area contributed by atoms with Crippen molar-refractivity contribution in [3.63, 3.8) is 0 Å². The topological polar surface area (TPSA) is 91.7 Å². The van der Waals surface area contributed by atoms with Gasteiger partial charge in [0.05, 0.1) is 11.8 Å². The molecule has 1 aliphatic carbocycles. The summed E-state index contributed by atoms with van der Waals surface area (Å²) in [5, 5.41) is 17.6. The van der Waals surface area contributed by atoms with Crippen LogP contribution in [0, 0.1) is 17.8 Å². The summed E-state index contributed by atoms with van der Waals surface area (Å²) in [5.41, 5.74) is 0. The SMILES string of the molecule is CC[C@@H]1C(=O)C[C@@H](C(=O)O)[C@@H]1C(=O)O. The lowest BCUT2D eigenvalue weighted by atomic mass is 9.88. The molecular weight excluding hydrogens is 188 g/mol. The van der Waals surface area contributed by atoms with E-state index >= 15 is 0 Å². The molecule has 5 nitrogen and oxygen atoms in total. The van der Waals surface area contributed by atoms with E-state index in [0.717, 1.165) is 0 Å². The van der Waals surface area contributed by atoms with E-state index in [2.05, 4.69) is 0 Å². The van der Waals surface area contributed by atoms with E-state index in [9.17, 15) is 14.4 Å². The minimum absolute atomic E-state index is 0.148. The summed E-state index contributed by atoms with van der Waals surface area (Å²) in [7, 11) is 0. The molecule has 0 radical (unpaired) electrons. The van der Waals surface area contributed by atoms with Crippen LogP contribution in [0.5, 0.6) is 0 Å². The van der Waals surface area contributed by atoms with Gasteiger partial charge in [-0.05, 0) is 6.42 Å². The predicted molar refractivity (Wildman–Crippen MR) is 45.7 cm³/mol. The van der Waals surface area contributed by atoms with Crippen molar-refractivity contribution in [2.45, 2.75) is 19.8 Å². The second-order valence-corrected chi connectivity index (χ2v) is 3.49. The Balaban J connectivity index is 2.96. The highest BCUT2D eigenvalue weighted by molar-refractivity contribution is 5.96. The minimum atomic E-state index is -1.19. The monoisotopic (exact) mass is 200 g/mol. The summed E-state index contributed by atoms with van der Waals surface area (Å²) in [6.07, 6.45) is 0.240. The van der Waals surface area contributed by atoms with Crippen LogP contribution in [0.1, 0.15) is 19.8 Å². The third kappa shape index (κ3) is 1.62. The molecule has 0 aromatic carbocycles. The number of ketones is 1. The second kappa shape index (κ2) is 3.77. The molecule has 0 spiro atoms. The van der Waals surface area contributed by atoms with E-state index in [-0.39, 0.29) is 12.2 Å². The Bertz CT molecular complexity index is 283. The number of rotatable bonds is 3. The molecule has 0 unspecified atom stereocenters. The number of hydrogen-bond donors (Lipinski definition) is 2. The number of aliphatic carboxylic acids is 2. The molecule has 1 fully saturated rings. The molecular formula is C9H12O5. The van der Waals surface area contributed by atoms with E-state index in [1.165, 1.54) is 0 Å². The van der Waals surface area contributed by atoms with E-state index in [4.69, 9.17) is 10.2 Å². The fourth-order valence-corrected chi connectivity index (χ4v) is 2.04. The van der Waals surface area contributed by atoms with Gasteiger partial charge in [-0.15, -0.1) is 0 Å².